The van der Waals surface area contributed by atoms with Gasteiger partial charge in [0.25, 0.3) is 0 Å². The summed E-state index contributed by atoms with van der Waals surface area (Å²) in [5, 5.41) is 11.9. The van der Waals surface area contributed by atoms with Gasteiger partial charge in [0, 0.05) is 56.1 Å². The monoisotopic (exact) mass is 554 g/mol. The van der Waals surface area contributed by atoms with E-state index in [2.05, 4.69) is 53.1 Å². The zero-order valence-corrected chi connectivity index (χ0v) is 21.2. The number of aromatic nitrogens is 3. The lowest BCUT2D eigenvalue weighted by Crippen LogP contribution is -2.46. The van der Waals surface area contributed by atoms with Crippen LogP contribution in [0.1, 0.15) is 11.1 Å². The van der Waals surface area contributed by atoms with E-state index in [4.69, 9.17) is 21.7 Å². The molecule has 0 bridgehead atoms. The molecule has 0 atom stereocenters. The van der Waals surface area contributed by atoms with E-state index in [0.717, 1.165) is 70.4 Å². The number of rotatable bonds is 6. The minimum Gasteiger partial charge on any atom is -0.465 e. The van der Waals surface area contributed by atoms with E-state index in [-0.39, 0.29) is 6.54 Å². The fourth-order valence-electron chi connectivity index (χ4n) is 4.30. The van der Waals surface area contributed by atoms with Crippen LogP contribution in [0.25, 0.3) is 22.6 Å². The Balaban J connectivity index is 1.32. The lowest BCUT2D eigenvalue weighted by molar-refractivity contribution is 0.194. The lowest BCUT2D eigenvalue weighted by Gasteiger charge is -2.36. The standard InChI is InChI=1S/C25H24BrClN6O2/c26-20-14-28-24-21(30-23(31-24)18-5-1-16(2-6-18)13-29-25(34)35)22(20)33-11-9-32(10-12-33)15-17-3-7-19(27)8-4-17/h1-8,14,29H,9-13,15H2,(H,34,35)(H,28,30,31). The predicted molar refractivity (Wildman–Crippen MR) is 141 cm³/mol. The molecule has 0 spiro atoms. The molecule has 35 heavy (non-hydrogen) atoms. The Morgan fingerprint density at radius 3 is 2.43 bits per heavy atom. The van der Waals surface area contributed by atoms with Crippen molar-refractivity contribution in [1.29, 1.82) is 0 Å². The van der Waals surface area contributed by atoms with Crippen LogP contribution in [0.15, 0.2) is 59.2 Å². The van der Waals surface area contributed by atoms with Crippen LogP contribution in [-0.2, 0) is 13.1 Å². The summed E-state index contributed by atoms with van der Waals surface area (Å²) in [7, 11) is 0. The molecule has 4 aromatic rings. The second kappa shape index (κ2) is 10.2. The summed E-state index contributed by atoms with van der Waals surface area (Å²) in [5.74, 6) is 0.728. The van der Waals surface area contributed by atoms with Gasteiger partial charge in [-0.1, -0.05) is 48.0 Å². The van der Waals surface area contributed by atoms with Crippen molar-refractivity contribution in [3.05, 3.63) is 75.4 Å². The average Bonchev–Trinajstić information content (AvgIpc) is 3.29. The number of fused-ring (bicyclic) bond motifs is 1. The van der Waals surface area contributed by atoms with E-state index in [9.17, 15) is 4.79 Å². The molecule has 2 aromatic heterocycles. The van der Waals surface area contributed by atoms with Gasteiger partial charge in [0.1, 0.15) is 11.3 Å². The highest BCUT2D eigenvalue weighted by Crippen LogP contribution is 2.34. The van der Waals surface area contributed by atoms with Crippen LogP contribution in [0, 0.1) is 0 Å². The fourth-order valence-corrected chi connectivity index (χ4v) is 4.98. The van der Waals surface area contributed by atoms with Crippen LogP contribution in [0.3, 0.4) is 0 Å². The topological polar surface area (TPSA) is 97.4 Å². The number of hydrogen-bond acceptors (Lipinski definition) is 5. The number of nitrogens with one attached hydrogen (secondary N) is 2. The molecule has 5 rings (SSSR count). The summed E-state index contributed by atoms with van der Waals surface area (Å²) in [6.45, 7) is 4.86. The number of anilines is 1. The van der Waals surface area contributed by atoms with Crippen LogP contribution in [0.2, 0.25) is 5.02 Å². The van der Waals surface area contributed by atoms with E-state index < -0.39 is 6.09 Å². The maximum absolute atomic E-state index is 10.7. The first-order valence-corrected chi connectivity index (χ1v) is 12.5. The minimum atomic E-state index is -1.04. The second-order valence-corrected chi connectivity index (χ2v) is 9.77. The molecule has 0 unspecified atom stereocenters. The fraction of sp³-hybridized carbons (Fsp3) is 0.240. The van der Waals surface area contributed by atoms with Gasteiger partial charge in [0.15, 0.2) is 5.65 Å². The zero-order chi connectivity index (χ0) is 24.4. The van der Waals surface area contributed by atoms with Gasteiger partial charge in [0.05, 0.1) is 10.2 Å². The molecule has 1 aliphatic rings. The molecule has 8 nitrogen and oxygen atoms in total. The van der Waals surface area contributed by atoms with Crippen molar-refractivity contribution in [2.24, 2.45) is 0 Å². The Bertz CT molecular complexity index is 1330. The Morgan fingerprint density at radius 2 is 1.74 bits per heavy atom. The number of aromatic amines is 1. The number of hydrogen-bond donors (Lipinski definition) is 3. The highest BCUT2D eigenvalue weighted by atomic mass is 79.9. The summed E-state index contributed by atoms with van der Waals surface area (Å²) in [5.41, 5.74) is 5.69. The summed E-state index contributed by atoms with van der Waals surface area (Å²) in [4.78, 5) is 28.2. The molecule has 0 radical (unpaired) electrons. The van der Waals surface area contributed by atoms with Crippen molar-refractivity contribution in [2.45, 2.75) is 13.1 Å². The van der Waals surface area contributed by atoms with Gasteiger partial charge < -0.3 is 20.3 Å². The number of H-pyrrole nitrogens is 1. The largest absolute Gasteiger partial charge is 0.465 e. The van der Waals surface area contributed by atoms with Gasteiger partial charge in [-0.2, -0.15) is 0 Å². The molecular formula is C25H24BrClN6O2. The van der Waals surface area contributed by atoms with E-state index in [1.54, 1.807) is 0 Å². The number of nitrogens with zero attached hydrogens (tertiary/aromatic N) is 4. The number of halogens is 2. The normalized spacial score (nSPS) is 14.4. The summed E-state index contributed by atoms with van der Waals surface area (Å²) in [6.07, 6.45) is 0.768. The van der Waals surface area contributed by atoms with E-state index in [1.807, 2.05) is 42.6 Å². The first-order chi connectivity index (χ1) is 17.0. The number of benzene rings is 2. The molecule has 0 saturated carbocycles. The van der Waals surface area contributed by atoms with E-state index in [0.29, 0.717) is 5.65 Å². The van der Waals surface area contributed by atoms with Crippen molar-refractivity contribution < 1.29 is 9.90 Å². The van der Waals surface area contributed by atoms with Crippen molar-refractivity contribution in [3.63, 3.8) is 0 Å². The Labute approximate surface area is 216 Å². The molecule has 1 fully saturated rings. The maximum atomic E-state index is 10.7. The van der Waals surface area contributed by atoms with Crippen LogP contribution >= 0.6 is 27.5 Å². The predicted octanol–water partition coefficient (Wildman–Crippen LogP) is 5.13. The minimum absolute atomic E-state index is 0.262. The number of piperazine rings is 1. The Kier molecular flexibility index (Phi) is 6.90. The van der Waals surface area contributed by atoms with Gasteiger partial charge in [-0.15, -0.1) is 0 Å². The molecule has 180 valence electrons. The van der Waals surface area contributed by atoms with Crippen LogP contribution in [0.4, 0.5) is 10.5 Å². The second-order valence-electron chi connectivity index (χ2n) is 8.48. The van der Waals surface area contributed by atoms with Gasteiger partial charge in [-0.3, -0.25) is 4.90 Å². The Morgan fingerprint density at radius 1 is 1.06 bits per heavy atom. The highest BCUT2D eigenvalue weighted by Gasteiger charge is 2.23. The summed E-state index contributed by atoms with van der Waals surface area (Å²) < 4.78 is 0.932. The number of carboxylic acid groups (broad SMARTS) is 1. The number of imidazole rings is 1. The van der Waals surface area contributed by atoms with Gasteiger partial charge >= 0.3 is 6.09 Å². The van der Waals surface area contributed by atoms with Crippen LogP contribution in [0.5, 0.6) is 0 Å². The third-order valence-electron chi connectivity index (χ3n) is 6.13. The average molecular weight is 556 g/mol. The van der Waals surface area contributed by atoms with Gasteiger partial charge in [-0.25, -0.2) is 14.8 Å². The van der Waals surface area contributed by atoms with Crippen molar-refractivity contribution in [3.8, 4) is 11.4 Å². The van der Waals surface area contributed by atoms with E-state index >= 15 is 0 Å². The quantitative estimate of drug-likeness (QED) is 0.305. The molecule has 2 aromatic carbocycles. The van der Waals surface area contributed by atoms with Crippen molar-refractivity contribution in [1.82, 2.24) is 25.2 Å². The SMILES string of the molecule is O=C(O)NCc1ccc(-c2nc3ncc(Br)c(N4CCN(Cc5ccc(Cl)cc5)CC4)c3[nH]2)cc1. The molecular weight excluding hydrogens is 532 g/mol. The van der Waals surface area contributed by atoms with Crippen molar-refractivity contribution >= 4 is 50.5 Å². The first kappa shape index (κ1) is 23.6. The van der Waals surface area contributed by atoms with Gasteiger partial charge in [-0.05, 0) is 39.2 Å². The summed E-state index contributed by atoms with van der Waals surface area (Å²) >= 11 is 9.71. The zero-order valence-electron chi connectivity index (χ0n) is 18.8. The first-order valence-electron chi connectivity index (χ1n) is 11.3. The maximum Gasteiger partial charge on any atom is 0.404 e. The Hall–Kier alpha value is -3.14. The van der Waals surface area contributed by atoms with Crippen LogP contribution < -0.4 is 10.2 Å². The number of amides is 1. The van der Waals surface area contributed by atoms with Gasteiger partial charge in [0.2, 0.25) is 0 Å². The molecule has 1 aliphatic heterocycles. The molecule has 0 aliphatic carbocycles. The number of carbonyl (C=O) groups is 1. The summed E-state index contributed by atoms with van der Waals surface area (Å²) in [6, 6.07) is 15.7. The van der Waals surface area contributed by atoms with E-state index in [1.165, 1.54) is 5.56 Å². The smallest absolute Gasteiger partial charge is 0.404 e. The molecule has 1 amide bonds. The van der Waals surface area contributed by atoms with Crippen LogP contribution in [-0.4, -0.2) is 57.2 Å². The third-order valence-corrected chi connectivity index (χ3v) is 6.96. The number of pyridine rings is 1. The molecule has 3 heterocycles. The molecule has 3 N–H and O–H groups in total. The third kappa shape index (κ3) is 5.42. The lowest BCUT2D eigenvalue weighted by atomic mass is 10.1. The highest BCUT2D eigenvalue weighted by molar-refractivity contribution is 9.10. The van der Waals surface area contributed by atoms with Crippen molar-refractivity contribution in [2.75, 3.05) is 31.1 Å². The molecule has 10 heteroatoms. The molecule has 1 saturated heterocycles.